The van der Waals surface area contributed by atoms with E-state index in [2.05, 4.69) is 14.8 Å². The highest BCUT2D eigenvalue weighted by Gasteiger charge is 1.91. The van der Waals surface area contributed by atoms with Crippen LogP contribution in [0.1, 0.15) is 13.8 Å². The average Bonchev–Trinajstić information content (AvgIpc) is 1.93. The first-order valence-electron chi connectivity index (χ1n) is 3.18. The third kappa shape index (κ3) is 11.0. The summed E-state index contributed by atoms with van der Waals surface area (Å²) in [5.74, 6) is 0. The van der Waals surface area contributed by atoms with Crippen LogP contribution in [0, 0.1) is 0 Å². The summed E-state index contributed by atoms with van der Waals surface area (Å²) in [4.78, 5) is 0. The summed E-state index contributed by atoms with van der Waals surface area (Å²) in [5.41, 5.74) is 4.50. The lowest BCUT2D eigenvalue weighted by Gasteiger charge is -1.97. The Bertz CT molecular complexity index is 71.3. The first-order chi connectivity index (χ1) is 4.81. The lowest BCUT2D eigenvalue weighted by atomic mass is 10.9. The largest absolute Gasteiger partial charge is 0.333 e. The predicted molar refractivity (Wildman–Crippen MR) is 42.4 cm³/mol. The molecule has 0 saturated heterocycles. The number of hydrogen-bond donors (Lipinski definition) is 1. The third-order valence-electron chi connectivity index (χ3n) is 0.524. The van der Waals surface area contributed by atoms with Gasteiger partial charge < -0.3 is 14.8 Å². The van der Waals surface area contributed by atoms with Crippen molar-refractivity contribution in [1.82, 2.24) is 0 Å². The highest BCUT2D eigenvalue weighted by molar-refractivity contribution is 7.33. The van der Waals surface area contributed by atoms with Crippen molar-refractivity contribution in [2.24, 2.45) is 5.73 Å². The van der Waals surface area contributed by atoms with E-state index in [1.54, 1.807) is 13.8 Å². The summed E-state index contributed by atoms with van der Waals surface area (Å²) >= 11 is 0. The van der Waals surface area contributed by atoms with Crippen LogP contribution in [-0.2, 0) is 13.6 Å². The second-order valence-corrected chi connectivity index (χ2v) is 2.19. The fourth-order valence-electron chi connectivity index (χ4n) is 0.277. The molecule has 10 heavy (non-hydrogen) atoms. The Morgan fingerprint density at radius 3 is 1.70 bits per heavy atom. The van der Waals surface area contributed by atoms with Crippen molar-refractivity contribution in [2.75, 3.05) is 20.3 Å². The molecule has 64 valence electrons. The molecule has 0 bridgehead atoms. The fourth-order valence-corrected chi connectivity index (χ4v) is 0.832. The van der Waals surface area contributed by atoms with E-state index in [0.717, 1.165) is 0 Å². The highest BCUT2D eigenvalue weighted by Crippen LogP contribution is 2.21. The van der Waals surface area contributed by atoms with E-state index >= 15 is 0 Å². The first-order valence-corrected chi connectivity index (χ1v) is 4.41. The van der Waals surface area contributed by atoms with Gasteiger partial charge in [-0.15, -0.1) is 0 Å². The van der Waals surface area contributed by atoms with E-state index in [1.165, 1.54) is 7.05 Å². The Morgan fingerprint density at radius 1 is 1.20 bits per heavy atom. The van der Waals surface area contributed by atoms with Crippen LogP contribution in [0.5, 0.6) is 0 Å². The normalized spacial score (nSPS) is 8.90. The van der Waals surface area contributed by atoms with Gasteiger partial charge in [-0.1, -0.05) is 0 Å². The molecule has 0 saturated carbocycles. The van der Waals surface area contributed by atoms with Crippen molar-refractivity contribution >= 4 is 8.25 Å². The maximum Gasteiger partial charge on any atom is 0.319 e. The lowest BCUT2D eigenvalue weighted by Crippen LogP contribution is -1.81. The van der Waals surface area contributed by atoms with Crippen LogP contribution in [0.4, 0.5) is 0 Å². The van der Waals surface area contributed by atoms with Crippen LogP contribution in [0.2, 0.25) is 0 Å². The summed E-state index contributed by atoms with van der Waals surface area (Å²) in [6.07, 6.45) is 0. The molecule has 0 aliphatic carbocycles. The van der Waals surface area contributed by atoms with E-state index in [0.29, 0.717) is 13.2 Å². The summed E-state index contributed by atoms with van der Waals surface area (Å²) in [5, 5.41) is 0. The predicted octanol–water partition coefficient (Wildman–Crippen LogP) is 1.02. The van der Waals surface area contributed by atoms with Crippen molar-refractivity contribution in [3.63, 3.8) is 0 Å². The van der Waals surface area contributed by atoms with Gasteiger partial charge in [0.15, 0.2) is 0 Å². The molecule has 0 aromatic carbocycles. The fraction of sp³-hybridized carbons (Fsp3) is 1.00. The monoisotopic (exact) mass is 169 g/mol. The zero-order chi connectivity index (χ0) is 8.41. The maximum atomic E-state index is 10.4. The molecule has 4 nitrogen and oxygen atoms in total. The minimum absolute atomic E-state index is 0.456. The summed E-state index contributed by atoms with van der Waals surface area (Å²) < 4.78 is 19.6. The van der Waals surface area contributed by atoms with E-state index in [-0.39, 0.29) is 0 Å². The number of hydrogen-bond acceptors (Lipinski definition) is 4. The molecule has 0 aromatic rings. The van der Waals surface area contributed by atoms with Gasteiger partial charge in [-0.05, 0) is 20.9 Å². The molecular weight excluding hydrogens is 153 g/mol. The maximum absolute atomic E-state index is 10.4. The summed E-state index contributed by atoms with van der Waals surface area (Å²) in [6, 6.07) is 0. The van der Waals surface area contributed by atoms with Gasteiger partial charge in [-0.2, -0.15) is 0 Å². The zero-order valence-corrected chi connectivity index (χ0v) is 7.72. The van der Waals surface area contributed by atoms with E-state index < -0.39 is 8.25 Å². The standard InChI is InChI=1S/C4H11O3P.CH5N/c1-3-6-8(5)7-4-2;1-2/h8H,3-4H2,1-2H3;2H2,1H3. The van der Waals surface area contributed by atoms with Gasteiger partial charge in [0.25, 0.3) is 0 Å². The Hall–Kier alpha value is 0.110. The molecule has 0 rings (SSSR count). The van der Waals surface area contributed by atoms with Gasteiger partial charge in [0.05, 0.1) is 13.2 Å². The summed E-state index contributed by atoms with van der Waals surface area (Å²) in [6.45, 7) is 4.47. The molecule has 0 spiro atoms. The minimum Gasteiger partial charge on any atom is -0.333 e. The minimum atomic E-state index is -2.14. The van der Waals surface area contributed by atoms with Crippen LogP contribution in [0.25, 0.3) is 0 Å². The van der Waals surface area contributed by atoms with Gasteiger partial charge in [-0.3, -0.25) is 4.57 Å². The van der Waals surface area contributed by atoms with E-state index in [1.807, 2.05) is 0 Å². The van der Waals surface area contributed by atoms with Crippen molar-refractivity contribution in [2.45, 2.75) is 13.8 Å². The Balaban J connectivity index is 0. The molecule has 0 atom stereocenters. The second-order valence-electron chi connectivity index (χ2n) is 1.12. The molecule has 2 N–H and O–H groups in total. The Labute approximate surface area is 62.6 Å². The molecule has 0 amide bonds. The van der Waals surface area contributed by atoms with Gasteiger partial charge >= 0.3 is 8.25 Å². The van der Waals surface area contributed by atoms with Crippen molar-refractivity contribution in [1.29, 1.82) is 0 Å². The molecule has 0 heterocycles. The molecule has 0 unspecified atom stereocenters. The molecular formula is C5H16NO3P. The van der Waals surface area contributed by atoms with Crippen molar-refractivity contribution in [3.05, 3.63) is 0 Å². The topological polar surface area (TPSA) is 61.5 Å². The molecule has 0 fully saturated rings. The van der Waals surface area contributed by atoms with Gasteiger partial charge in [0, 0.05) is 0 Å². The Morgan fingerprint density at radius 2 is 1.50 bits per heavy atom. The average molecular weight is 169 g/mol. The van der Waals surface area contributed by atoms with Gasteiger partial charge in [0.2, 0.25) is 0 Å². The third-order valence-corrected chi connectivity index (χ3v) is 1.57. The van der Waals surface area contributed by atoms with Crippen LogP contribution in [0.3, 0.4) is 0 Å². The SMILES string of the molecule is CCO[PH](=O)OCC.CN. The summed E-state index contributed by atoms with van der Waals surface area (Å²) in [7, 11) is -0.641. The number of nitrogens with two attached hydrogens (primary N) is 1. The van der Waals surface area contributed by atoms with E-state index in [4.69, 9.17) is 0 Å². The van der Waals surface area contributed by atoms with Crippen LogP contribution >= 0.6 is 8.25 Å². The van der Waals surface area contributed by atoms with Crippen LogP contribution in [-0.4, -0.2) is 20.3 Å². The van der Waals surface area contributed by atoms with Gasteiger partial charge in [0.1, 0.15) is 0 Å². The zero-order valence-electron chi connectivity index (χ0n) is 6.72. The van der Waals surface area contributed by atoms with Gasteiger partial charge in [-0.25, -0.2) is 0 Å². The van der Waals surface area contributed by atoms with E-state index in [9.17, 15) is 4.57 Å². The smallest absolute Gasteiger partial charge is 0.319 e. The second kappa shape index (κ2) is 11.9. The molecule has 0 aliphatic rings. The molecule has 5 heteroatoms. The van der Waals surface area contributed by atoms with Crippen molar-refractivity contribution < 1.29 is 13.6 Å². The Kier molecular flexibility index (Phi) is 15.1. The molecule has 0 radical (unpaired) electrons. The molecule has 0 aromatic heterocycles. The number of rotatable bonds is 4. The quantitative estimate of drug-likeness (QED) is 0.638. The van der Waals surface area contributed by atoms with Crippen LogP contribution < -0.4 is 5.73 Å². The molecule has 0 aliphatic heterocycles. The van der Waals surface area contributed by atoms with Crippen LogP contribution in [0.15, 0.2) is 0 Å². The first kappa shape index (κ1) is 12.8. The highest BCUT2D eigenvalue weighted by atomic mass is 31.1. The van der Waals surface area contributed by atoms with Crippen molar-refractivity contribution in [3.8, 4) is 0 Å². The lowest BCUT2D eigenvalue weighted by molar-refractivity contribution is 0.243.